The average molecular weight is 277 g/mol. The molecule has 0 bridgehead atoms. The Bertz CT molecular complexity index is 414. The third-order valence-corrected chi connectivity index (χ3v) is 3.56. The number of rotatable bonds is 6. The van der Waals surface area contributed by atoms with Crippen LogP contribution in [0, 0.1) is 5.92 Å². The molecule has 4 nitrogen and oxygen atoms in total. The van der Waals surface area contributed by atoms with Crippen molar-refractivity contribution in [1.29, 1.82) is 0 Å². The van der Waals surface area contributed by atoms with Gasteiger partial charge in [0, 0.05) is 37.4 Å². The van der Waals surface area contributed by atoms with Crippen LogP contribution in [-0.4, -0.2) is 29.7 Å². The van der Waals surface area contributed by atoms with E-state index in [0.717, 1.165) is 62.8 Å². The Morgan fingerprint density at radius 3 is 2.70 bits per heavy atom. The zero-order chi connectivity index (χ0) is 14.4. The van der Waals surface area contributed by atoms with E-state index >= 15 is 0 Å². The minimum atomic E-state index is 0.457. The van der Waals surface area contributed by atoms with Crippen LogP contribution < -0.4 is 5.32 Å². The fourth-order valence-corrected chi connectivity index (χ4v) is 2.52. The smallest absolute Gasteiger partial charge is 0.134 e. The van der Waals surface area contributed by atoms with Crippen molar-refractivity contribution in [2.24, 2.45) is 5.92 Å². The SMILES string of the molecule is CCCNc1cc(CC(C)C)nc(C2CCOCC2)n1. The molecule has 1 aliphatic rings. The van der Waals surface area contributed by atoms with Crippen LogP contribution in [0.3, 0.4) is 0 Å². The highest BCUT2D eigenvalue weighted by atomic mass is 16.5. The molecule has 0 atom stereocenters. The first kappa shape index (κ1) is 15.2. The molecule has 0 unspecified atom stereocenters. The van der Waals surface area contributed by atoms with Crippen LogP contribution in [0.4, 0.5) is 5.82 Å². The first-order valence-electron chi connectivity index (χ1n) is 7.88. The molecule has 112 valence electrons. The normalized spacial score (nSPS) is 16.6. The predicted octanol–water partition coefficient (Wildman–Crippen LogP) is 3.39. The largest absolute Gasteiger partial charge is 0.381 e. The molecule has 4 heteroatoms. The molecule has 1 fully saturated rings. The zero-order valence-electron chi connectivity index (χ0n) is 13.0. The summed E-state index contributed by atoms with van der Waals surface area (Å²) < 4.78 is 5.44. The van der Waals surface area contributed by atoms with Crippen molar-refractivity contribution in [3.05, 3.63) is 17.6 Å². The topological polar surface area (TPSA) is 47.0 Å². The van der Waals surface area contributed by atoms with Crippen molar-refractivity contribution in [2.75, 3.05) is 25.1 Å². The van der Waals surface area contributed by atoms with Crippen molar-refractivity contribution in [1.82, 2.24) is 9.97 Å². The highest BCUT2D eigenvalue weighted by Crippen LogP contribution is 2.25. The van der Waals surface area contributed by atoms with E-state index < -0.39 is 0 Å². The molecular formula is C16H27N3O. The molecule has 0 saturated carbocycles. The highest BCUT2D eigenvalue weighted by Gasteiger charge is 2.20. The van der Waals surface area contributed by atoms with E-state index in [1.54, 1.807) is 0 Å². The average Bonchev–Trinajstić information content (AvgIpc) is 2.45. The fraction of sp³-hybridized carbons (Fsp3) is 0.750. The Morgan fingerprint density at radius 2 is 2.05 bits per heavy atom. The van der Waals surface area contributed by atoms with Crippen LogP contribution in [0.1, 0.15) is 57.5 Å². The van der Waals surface area contributed by atoms with Crippen LogP contribution in [0.15, 0.2) is 6.07 Å². The van der Waals surface area contributed by atoms with Gasteiger partial charge in [-0.3, -0.25) is 0 Å². The van der Waals surface area contributed by atoms with Crippen molar-refractivity contribution in [2.45, 2.75) is 52.4 Å². The lowest BCUT2D eigenvalue weighted by atomic mass is 9.99. The summed E-state index contributed by atoms with van der Waals surface area (Å²) in [6.45, 7) is 9.26. The van der Waals surface area contributed by atoms with Gasteiger partial charge in [0.15, 0.2) is 0 Å². The van der Waals surface area contributed by atoms with Crippen molar-refractivity contribution in [3.8, 4) is 0 Å². The van der Waals surface area contributed by atoms with Crippen molar-refractivity contribution >= 4 is 5.82 Å². The third kappa shape index (κ3) is 4.44. The van der Waals surface area contributed by atoms with Crippen LogP contribution in [0.25, 0.3) is 0 Å². The first-order chi connectivity index (χ1) is 9.69. The lowest BCUT2D eigenvalue weighted by Gasteiger charge is -2.22. The molecule has 0 radical (unpaired) electrons. The second kappa shape index (κ2) is 7.58. The van der Waals surface area contributed by atoms with Crippen LogP contribution >= 0.6 is 0 Å². The van der Waals surface area contributed by atoms with E-state index in [2.05, 4.69) is 32.2 Å². The van der Waals surface area contributed by atoms with E-state index in [1.165, 1.54) is 0 Å². The summed E-state index contributed by atoms with van der Waals surface area (Å²) in [5.74, 6) is 3.06. The molecule has 2 heterocycles. The first-order valence-corrected chi connectivity index (χ1v) is 7.88. The summed E-state index contributed by atoms with van der Waals surface area (Å²) in [7, 11) is 0. The maximum atomic E-state index is 5.44. The molecule has 0 spiro atoms. The summed E-state index contributed by atoms with van der Waals surface area (Å²) in [5.41, 5.74) is 1.16. The number of anilines is 1. The summed E-state index contributed by atoms with van der Waals surface area (Å²) in [6, 6.07) is 2.11. The molecule has 0 aliphatic carbocycles. The third-order valence-electron chi connectivity index (χ3n) is 3.56. The monoisotopic (exact) mass is 277 g/mol. The van der Waals surface area contributed by atoms with Crippen molar-refractivity contribution < 1.29 is 4.74 Å². The van der Waals surface area contributed by atoms with Gasteiger partial charge >= 0.3 is 0 Å². The molecule has 1 aliphatic heterocycles. The Balaban J connectivity index is 2.19. The Morgan fingerprint density at radius 1 is 1.30 bits per heavy atom. The van der Waals surface area contributed by atoms with Crippen LogP contribution in [0.2, 0.25) is 0 Å². The summed E-state index contributed by atoms with van der Waals surface area (Å²) in [4.78, 5) is 9.52. The molecule has 2 rings (SSSR count). The summed E-state index contributed by atoms with van der Waals surface area (Å²) in [5, 5.41) is 3.41. The van der Waals surface area contributed by atoms with E-state index in [0.29, 0.717) is 11.8 Å². The molecule has 0 amide bonds. The standard InChI is InChI=1S/C16H27N3O/c1-4-7-17-15-11-14(10-12(2)3)18-16(19-15)13-5-8-20-9-6-13/h11-13H,4-10H2,1-3H3,(H,17,18,19). The number of nitrogens with zero attached hydrogens (tertiary/aromatic N) is 2. The predicted molar refractivity (Wildman–Crippen MR) is 82.1 cm³/mol. The van der Waals surface area contributed by atoms with Gasteiger partial charge in [-0.15, -0.1) is 0 Å². The van der Waals surface area contributed by atoms with E-state index in [9.17, 15) is 0 Å². The molecule has 1 saturated heterocycles. The van der Waals surface area contributed by atoms with Crippen molar-refractivity contribution in [3.63, 3.8) is 0 Å². The number of hydrogen-bond donors (Lipinski definition) is 1. The fourth-order valence-electron chi connectivity index (χ4n) is 2.52. The van der Waals surface area contributed by atoms with Gasteiger partial charge in [0.2, 0.25) is 0 Å². The van der Waals surface area contributed by atoms with Crippen LogP contribution in [0.5, 0.6) is 0 Å². The van der Waals surface area contributed by atoms with Gasteiger partial charge in [0.25, 0.3) is 0 Å². The number of hydrogen-bond acceptors (Lipinski definition) is 4. The van der Waals surface area contributed by atoms with Crippen LogP contribution in [-0.2, 0) is 11.2 Å². The summed E-state index contributed by atoms with van der Waals surface area (Å²) >= 11 is 0. The van der Waals surface area contributed by atoms with E-state index in [-0.39, 0.29) is 0 Å². The zero-order valence-corrected chi connectivity index (χ0v) is 13.0. The molecule has 1 aromatic heterocycles. The van der Waals surface area contributed by atoms with Gasteiger partial charge in [-0.05, 0) is 31.6 Å². The Labute approximate surface area is 122 Å². The summed E-state index contributed by atoms with van der Waals surface area (Å²) in [6.07, 6.45) is 4.20. The van der Waals surface area contributed by atoms with E-state index in [1.807, 2.05) is 0 Å². The second-order valence-corrected chi connectivity index (χ2v) is 6.01. The molecular weight excluding hydrogens is 250 g/mol. The Kier molecular flexibility index (Phi) is 5.77. The number of aromatic nitrogens is 2. The van der Waals surface area contributed by atoms with Gasteiger partial charge < -0.3 is 10.1 Å². The molecule has 0 aromatic carbocycles. The maximum Gasteiger partial charge on any atom is 0.134 e. The lowest BCUT2D eigenvalue weighted by molar-refractivity contribution is 0.0835. The quantitative estimate of drug-likeness (QED) is 0.866. The molecule has 1 N–H and O–H groups in total. The molecule has 1 aromatic rings. The molecule has 20 heavy (non-hydrogen) atoms. The minimum absolute atomic E-state index is 0.457. The Hall–Kier alpha value is -1.16. The van der Waals surface area contributed by atoms with Gasteiger partial charge in [-0.25, -0.2) is 9.97 Å². The van der Waals surface area contributed by atoms with E-state index in [4.69, 9.17) is 14.7 Å². The number of ether oxygens (including phenoxy) is 1. The number of nitrogens with one attached hydrogen (secondary N) is 1. The lowest BCUT2D eigenvalue weighted by Crippen LogP contribution is -2.18. The maximum absolute atomic E-state index is 5.44. The van der Waals surface area contributed by atoms with Gasteiger partial charge in [-0.2, -0.15) is 0 Å². The van der Waals surface area contributed by atoms with Gasteiger partial charge in [0.1, 0.15) is 11.6 Å². The second-order valence-electron chi connectivity index (χ2n) is 6.01. The van der Waals surface area contributed by atoms with Gasteiger partial charge in [-0.1, -0.05) is 20.8 Å². The van der Waals surface area contributed by atoms with Gasteiger partial charge in [0.05, 0.1) is 0 Å². The minimum Gasteiger partial charge on any atom is -0.381 e. The highest BCUT2D eigenvalue weighted by molar-refractivity contribution is 5.36.